The summed E-state index contributed by atoms with van der Waals surface area (Å²) in [6.45, 7) is 2.26. The summed E-state index contributed by atoms with van der Waals surface area (Å²) in [5.74, 6) is 0.291. The Kier molecular flexibility index (Phi) is 4.85. The van der Waals surface area contributed by atoms with Crippen LogP contribution in [0.1, 0.15) is 12.7 Å². The van der Waals surface area contributed by atoms with Crippen molar-refractivity contribution in [3.8, 4) is 0 Å². The lowest BCUT2D eigenvalue weighted by molar-refractivity contribution is -0.119. The minimum atomic E-state index is -0.221. The molecule has 0 saturated carbocycles. The molecule has 1 rings (SSSR count). The van der Waals surface area contributed by atoms with Crippen LogP contribution < -0.4 is 10.6 Å². The summed E-state index contributed by atoms with van der Waals surface area (Å²) in [5.41, 5.74) is 0. The number of carbonyl (C=O) groups excluding carboxylic acids is 2. The molecular weight excluding hydrogens is 208 g/mol. The molecule has 2 N–H and O–H groups in total. The number of carbonyl (C=O) groups is 2. The first kappa shape index (κ1) is 12.0. The average Bonchev–Trinajstić information content (AvgIpc) is 2.74. The predicted molar refractivity (Wildman–Crippen MR) is 59.4 cm³/mol. The van der Waals surface area contributed by atoms with Gasteiger partial charge < -0.3 is 15.1 Å². The molecule has 0 spiro atoms. The Morgan fingerprint density at radius 2 is 2.12 bits per heavy atom. The largest absolute Gasteiger partial charge is 0.465 e. The molecular formula is C11H14N2O3. The maximum atomic E-state index is 11.2. The molecule has 5 nitrogen and oxygen atoms in total. The zero-order valence-electron chi connectivity index (χ0n) is 9.03. The maximum Gasteiger partial charge on any atom is 0.244 e. The van der Waals surface area contributed by atoms with Crippen LogP contribution in [0.4, 0.5) is 0 Å². The Morgan fingerprint density at radius 3 is 2.75 bits per heavy atom. The van der Waals surface area contributed by atoms with E-state index in [2.05, 4.69) is 10.6 Å². The van der Waals surface area contributed by atoms with Gasteiger partial charge in [0.2, 0.25) is 11.8 Å². The molecule has 1 aromatic rings. The molecule has 0 aliphatic rings. The van der Waals surface area contributed by atoms with Gasteiger partial charge in [-0.2, -0.15) is 0 Å². The molecule has 0 aliphatic heterocycles. The lowest BCUT2D eigenvalue weighted by Crippen LogP contribution is -2.32. The Morgan fingerprint density at radius 1 is 1.38 bits per heavy atom. The fourth-order valence-electron chi connectivity index (χ4n) is 1.03. The zero-order valence-corrected chi connectivity index (χ0v) is 9.03. The summed E-state index contributed by atoms with van der Waals surface area (Å²) in [4.78, 5) is 21.7. The first-order chi connectivity index (χ1) is 7.68. The summed E-state index contributed by atoms with van der Waals surface area (Å²) in [6, 6.07) is 3.50. The third-order valence-electron chi connectivity index (χ3n) is 1.74. The molecule has 1 aromatic heterocycles. The fraction of sp³-hybridized carbons (Fsp3) is 0.273. The molecule has 1 heterocycles. The van der Waals surface area contributed by atoms with E-state index < -0.39 is 0 Å². The molecule has 0 radical (unpaired) electrons. The first-order valence-corrected chi connectivity index (χ1v) is 4.92. The smallest absolute Gasteiger partial charge is 0.244 e. The minimum absolute atomic E-state index is 0.111. The number of rotatable bonds is 5. The summed E-state index contributed by atoms with van der Waals surface area (Å²) in [5, 5.41) is 5.19. The molecule has 0 fully saturated rings. The Labute approximate surface area is 93.5 Å². The highest BCUT2D eigenvalue weighted by Crippen LogP contribution is 2.01. The van der Waals surface area contributed by atoms with Gasteiger partial charge in [0.15, 0.2) is 0 Å². The molecule has 0 aliphatic carbocycles. The van der Waals surface area contributed by atoms with Crippen molar-refractivity contribution in [1.82, 2.24) is 10.6 Å². The third-order valence-corrected chi connectivity index (χ3v) is 1.74. The van der Waals surface area contributed by atoms with Crippen LogP contribution in [0.25, 0.3) is 6.08 Å². The highest BCUT2D eigenvalue weighted by Gasteiger charge is 1.95. The van der Waals surface area contributed by atoms with Crippen LogP contribution in [0.5, 0.6) is 0 Å². The van der Waals surface area contributed by atoms with Crippen molar-refractivity contribution in [2.45, 2.75) is 6.92 Å². The Hall–Kier alpha value is -2.04. The number of hydrogen-bond donors (Lipinski definition) is 2. The van der Waals surface area contributed by atoms with E-state index in [1.807, 2.05) is 0 Å². The van der Waals surface area contributed by atoms with Crippen LogP contribution in [-0.2, 0) is 9.59 Å². The summed E-state index contributed by atoms with van der Waals surface area (Å²) in [6.07, 6.45) is 4.49. The number of hydrogen-bond acceptors (Lipinski definition) is 3. The Balaban J connectivity index is 2.18. The van der Waals surface area contributed by atoms with Crippen LogP contribution >= 0.6 is 0 Å². The van der Waals surface area contributed by atoms with Gasteiger partial charge in [-0.25, -0.2) is 0 Å². The van der Waals surface area contributed by atoms with Crippen LogP contribution in [0.2, 0.25) is 0 Å². The van der Waals surface area contributed by atoms with E-state index in [-0.39, 0.29) is 11.8 Å². The third kappa shape index (κ3) is 4.99. The van der Waals surface area contributed by atoms with Gasteiger partial charge in [-0.1, -0.05) is 0 Å². The van der Waals surface area contributed by atoms with E-state index in [4.69, 9.17) is 4.42 Å². The first-order valence-electron chi connectivity index (χ1n) is 4.92. The van der Waals surface area contributed by atoms with Crippen LogP contribution in [0.15, 0.2) is 28.9 Å². The quantitative estimate of drug-likeness (QED) is 0.564. The van der Waals surface area contributed by atoms with Gasteiger partial charge in [0.1, 0.15) is 5.76 Å². The van der Waals surface area contributed by atoms with E-state index in [1.165, 1.54) is 19.3 Å². The molecule has 0 bridgehead atoms. The highest BCUT2D eigenvalue weighted by atomic mass is 16.3. The van der Waals surface area contributed by atoms with Crippen molar-refractivity contribution in [3.63, 3.8) is 0 Å². The van der Waals surface area contributed by atoms with Crippen molar-refractivity contribution in [1.29, 1.82) is 0 Å². The van der Waals surface area contributed by atoms with Crippen LogP contribution in [-0.4, -0.2) is 24.9 Å². The van der Waals surface area contributed by atoms with Crippen molar-refractivity contribution >= 4 is 17.9 Å². The number of amides is 2. The second-order valence-electron chi connectivity index (χ2n) is 3.12. The van der Waals surface area contributed by atoms with Gasteiger partial charge in [-0.05, 0) is 18.2 Å². The van der Waals surface area contributed by atoms with Crippen molar-refractivity contribution in [2.24, 2.45) is 0 Å². The van der Waals surface area contributed by atoms with Gasteiger partial charge >= 0.3 is 0 Å². The van der Waals surface area contributed by atoms with Crippen molar-refractivity contribution < 1.29 is 14.0 Å². The van der Waals surface area contributed by atoms with Gasteiger partial charge in [0.25, 0.3) is 0 Å². The monoisotopic (exact) mass is 222 g/mol. The molecule has 0 unspecified atom stereocenters. The molecule has 2 amide bonds. The molecule has 86 valence electrons. The number of furan rings is 1. The average molecular weight is 222 g/mol. The summed E-state index contributed by atoms with van der Waals surface area (Å²) >= 11 is 0. The SMILES string of the molecule is CC(=O)NCCNC(=O)/C=C/c1ccco1. The Bertz CT molecular complexity index is 369. The van der Waals surface area contributed by atoms with E-state index in [0.29, 0.717) is 18.8 Å². The summed E-state index contributed by atoms with van der Waals surface area (Å²) < 4.78 is 5.02. The second-order valence-corrected chi connectivity index (χ2v) is 3.12. The maximum absolute atomic E-state index is 11.2. The molecule has 0 aromatic carbocycles. The molecule has 0 saturated heterocycles. The van der Waals surface area contributed by atoms with E-state index >= 15 is 0 Å². The van der Waals surface area contributed by atoms with E-state index in [9.17, 15) is 9.59 Å². The van der Waals surface area contributed by atoms with Crippen molar-refractivity contribution in [2.75, 3.05) is 13.1 Å². The second kappa shape index (κ2) is 6.44. The van der Waals surface area contributed by atoms with Crippen molar-refractivity contribution in [3.05, 3.63) is 30.2 Å². The zero-order chi connectivity index (χ0) is 11.8. The van der Waals surface area contributed by atoms with E-state index in [1.54, 1.807) is 18.2 Å². The fourth-order valence-corrected chi connectivity index (χ4v) is 1.03. The standard InChI is InChI=1S/C11H14N2O3/c1-9(14)12-6-7-13-11(15)5-4-10-3-2-8-16-10/h2-5,8H,6-7H2,1H3,(H,12,14)(H,13,15)/b5-4+. The highest BCUT2D eigenvalue weighted by molar-refractivity contribution is 5.91. The molecule has 0 atom stereocenters. The topological polar surface area (TPSA) is 71.3 Å². The normalized spacial score (nSPS) is 10.3. The number of nitrogens with one attached hydrogen (secondary N) is 2. The molecule has 16 heavy (non-hydrogen) atoms. The predicted octanol–water partition coefficient (Wildman–Crippen LogP) is 0.545. The van der Waals surface area contributed by atoms with Gasteiger partial charge in [-0.3, -0.25) is 9.59 Å². The summed E-state index contributed by atoms with van der Waals surface area (Å²) in [7, 11) is 0. The van der Waals surface area contributed by atoms with Gasteiger partial charge in [-0.15, -0.1) is 0 Å². The van der Waals surface area contributed by atoms with Crippen LogP contribution in [0.3, 0.4) is 0 Å². The van der Waals surface area contributed by atoms with Crippen LogP contribution in [0, 0.1) is 0 Å². The van der Waals surface area contributed by atoms with Gasteiger partial charge in [0.05, 0.1) is 6.26 Å². The molecule has 5 heteroatoms. The lowest BCUT2D eigenvalue weighted by atomic mass is 10.4. The minimum Gasteiger partial charge on any atom is -0.465 e. The lowest BCUT2D eigenvalue weighted by Gasteiger charge is -2.02. The van der Waals surface area contributed by atoms with E-state index in [0.717, 1.165) is 0 Å². The van der Waals surface area contributed by atoms with Gasteiger partial charge in [0, 0.05) is 26.1 Å².